The van der Waals surface area contributed by atoms with E-state index in [4.69, 9.17) is 23.2 Å². The Morgan fingerprint density at radius 2 is 1.81 bits per heavy atom. The number of nitrogens with zero attached hydrogens (tertiary/aromatic N) is 6. The standard InChI is InChI=1S/C32H26Cl2N8/c33-26-10-5-4-9-24(26)32(29-19-42(41-40-29)23-12-13-23)38-22-15-25-30(21(17-36)18-37-31(25)27(34)16-22)39-28(11-6-14-35)20-7-2-1-3-8-20/h1-5,7-10,15-16,18-19,23,28,32,38H,6,11-13H2,(H,37,39)/t28-,32?/m1/s1/i32D. The van der Waals surface area contributed by atoms with Crippen LogP contribution in [-0.2, 0) is 0 Å². The van der Waals surface area contributed by atoms with Gasteiger partial charge >= 0.3 is 0 Å². The van der Waals surface area contributed by atoms with Crippen molar-refractivity contribution in [1.82, 2.24) is 20.0 Å². The fourth-order valence-electron chi connectivity index (χ4n) is 4.95. The molecule has 8 nitrogen and oxygen atoms in total. The van der Waals surface area contributed by atoms with Gasteiger partial charge in [-0.05, 0) is 48.6 Å². The minimum atomic E-state index is -1.62. The lowest BCUT2D eigenvalue weighted by atomic mass is 10.00. The molecule has 0 spiro atoms. The maximum atomic E-state index is 10.0. The van der Waals surface area contributed by atoms with E-state index in [1.54, 1.807) is 29.1 Å². The van der Waals surface area contributed by atoms with E-state index in [9.17, 15) is 11.9 Å². The molecule has 0 amide bonds. The van der Waals surface area contributed by atoms with Crippen molar-refractivity contribution in [3.63, 3.8) is 0 Å². The van der Waals surface area contributed by atoms with Crippen molar-refractivity contribution < 1.29 is 1.37 Å². The van der Waals surface area contributed by atoms with Crippen molar-refractivity contribution in [3.05, 3.63) is 112 Å². The van der Waals surface area contributed by atoms with Crippen LogP contribution in [0, 0.1) is 22.7 Å². The fraction of sp³-hybridized carbons (Fsp3) is 0.219. The fourth-order valence-corrected chi connectivity index (χ4v) is 5.45. The minimum Gasteiger partial charge on any atom is -0.377 e. The molecule has 1 aliphatic carbocycles. The highest BCUT2D eigenvalue weighted by Gasteiger charge is 2.28. The van der Waals surface area contributed by atoms with Gasteiger partial charge in [-0.1, -0.05) is 76.9 Å². The van der Waals surface area contributed by atoms with Gasteiger partial charge in [0.05, 0.1) is 53.5 Å². The number of fused-ring (bicyclic) bond motifs is 1. The van der Waals surface area contributed by atoms with E-state index in [2.05, 4.69) is 38.1 Å². The van der Waals surface area contributed by atoms with Gasteiger partial charge in [0.15, 0.2) is 0 Å². The van der Waals surface area contributed by atoms with Gasteiger partial charge in [0, 0.05) is 28.7 Å². The number of rotatable bonds is 10. The third kappa shape index (κ3) is 5.73. The molecule has 2 heterocycles. The van der Waals surface area contributed by atoms with E-state index in [0.717, 1.165) is 18.4 Å². The van der Waals surface area contributed by atoms with E-state index in [0.29, 0.717) is 62.0 Å². The van der Waals surface area contributed by atoms with Crippen molar-refractivity contribution in [2.45, 2.75) is 43.8 Å². The molecule has 1 fully saturated rings. The van der Waals surface area contributed by atoms with E-state index in [1.165, 1.54) is 6.20 Å². The van der Waals surface area contributed by atoms with Crippen molar-refractivity contribution in [2.24, 2.45) is 0 Å². The van der Waals surface area contributed by atoms with Crippen molar-refractivity contribution in [3.8, 4) is 12.1 Å². The highest BCUT2D eigenvalue weighted by atomic mass is 35.5. The molecular weight excluding hydrogens is 567 g/mol. The molecule has 0 bridgehead atoms. The summed E-state index contributed by atoms with van der Waals surface area (Å²) in [6, 6.07) is 23.3. The Balaban J connectivity index is 1.47. The van der Waals surface area contributed by atoms with Crippen LogP contribution < -0.4 is 10.6 Å². The van der Waals surface area contributed by atoms with Gasteiger partial charge in [-0.2, -0.15) is 10.5 Å². The molecule has 3 aromatic carbocycles. The number of pyridine rings is 1. The van der Waals surface area contributed by atoms with Crippen molar-refractivity contribution in [1.29, 1.82) is 10.5 Å². The molecule has 1 aliphatic rings. The predicted octanol–water partition coefficient (Wildman–Crippen LogP) is 8.00. The number of nitriles is 2. The summed E-state index contributed by atoms with van der Waals surface area (Å²) in [4.78, 5) is 4.48. The zero-order valence-corrected chi connectivity index (χ0v) is 23.9. The molecule has 0 radical (unpaired) electrons. The van der Waals surface area contributed by atoms with Gasteiger partial charge in [0.25, 0.3) is 0 Å². The number of nitrogens with one attached hydrogen (secondary N) is 2. The molecule has 2 atom stereocenters. The highest BCUT2D eigenvalue weighted by molar-refractivity contribution is 6.36. The lowest BCUT2D eigenvalue weighted by molar-refractivity contribution is 0.610. The van der Waals surface area contributed by atoms with Crippen LogP contribution in [0.2, 0.25) is 10.0 Å². The normalized spacial score (nSPS) is 15.2. The monoisotopic (exact) mass is 593 g/mol. The summed E-state index contributed by atoms with van der Waals surface area (Å²) in [5.41, 5.74) is 3.72. The van der Waals surface area contributed by atoms with Gasteiger partial charge < -0.3 is 10.6 Å². The molecule has 208 valence electrons. The summed E-state index contributed by atoms with van der Waals surface area (Å²) < 4.78 is 11.5. The Morgan fingerprint density at radius 3 is 2.55 bits per heavy atom. The van der Waals surface area contributed by atoms with Crippen LogP contribution in [0.4, 0.5) is 11.4 Å². The zero-order valence-electron chi connectivity index (χ0n) is 23.4. The average Bonchev–Trinajstić information content (AvgIpc) is 3.75. The second kappa shape index (κ2) is 12.1. The van der Waals surface area contributed by atoms with Gasteiger partial charge in [0.1, 0.15) is 11.8 Å². The molecule has 6 rings (SSSR count). The number of benzene rings is 3. The van der Waals surface area contributed by atoms with E-state index >= 15 is 0 Å². The molecule has 5 aromatic rings. The van der Waals surface area contributed by atoms with Crippen LogP contribution in [0.1, 0.15) is 67.5 Å². The second-order valence-electron chi connectivity index (χ2n) is 10.1. The van der Waals surface area contributed by atoms with E-state index in [-0.39, 0.29) is 12.1 Å². The summed E-state index contributed by atoms with van der Waals surface area (Å²) in [5.74, 6) is 0. The molecule has 0 aliphatic heterocycles. The Hall–Kier alpha value is -4.63. The van der Waals surface area contributed by atoms with E-state index < -0.39 is 6.02 Å². The van der Waals surface area contributed by atoms with Crippen LogP contribution in [0.25, 0.3) is 10.9 Å². The first-order chi connectivity index (χ1) is 20.9. The molecule has 2 aromatic heterocycles. The van der Waals surface area contributed by atoms with Gasteiger partial charge in [-0.15, -0.1) is 5.10 Å². The number of anilines is 2. The summed E-state index contributed by atoms with van der Waals surface area (Å²) in [7, 11) is 0. The third-order valence-corrected chi connectivity index (χ3v) is 7.83. The maximum absolute atomic E-state index is 10.0. The van der Waals surface area contributed by atoms with Gasteiger partial charge in [-0.3, -0.25) is 4.98 Å². The largest absolute Gasteiger partial charge is 0.377 e. The molecule has 10 heteroatoms. The Bertz CT molecular complexity index is 1880. The lowest BCUT2D eigenvalue weighted by Gasteiger charge is -2.23. The number of hydrogen-bond donors (Lipinski definition) is 2. The van der Waals surface area contributed by atoms with Crippen LogP contribution in [0.3, 0.4) is 0 Å². The second-order valence-corrected chi connectivity index (χ2v) is 10.9. The SMILES string of the molecule is [2H]C(Nc1cc(Cl)c2ncc(C#N)c(N[C@H](CCC#N)c3ccccc3)c2c1)(c1cn(C2CC2)nn1)c1ccccc1Cl. The zero-order chi connectivity index (χ0) is 30.0. The molecule has 1 unspecified atom stereocenters. The Morgan fingerprint density at radius 1 is 1.02 bits per heavy atom. The van der Waals surface area contributed by atoms with Gasteiger partial charge in [0.2, 0.25) is 0 Å². The molecule has 0 saturated heterocycles. The lowest BCUT2D eigenvalue weighted by Crippen LogP contribution is -2.14. The molecule has 1 saturated carbocycles. The highest BCUT2D eigenvalue weighted by Crippen LogP contribution is 2.39. The summed E-state index contributed by atoms with van der Waals surface area (Å²) >= 11 is 13.4. The van der Waals surface area contributed by atoms with Crippen LogP contribution >= 0.6 is 23.2 Å². The van der Waals surface area contributed by atoms with Crippen LogP contribution in [0.15, 0.2) is 79.1 Å². The van der Waals surface area contributed by atoms with Crippen molar-refractivity contribution in [2.75, 3.05) is 10.6 Å². The van der Waals surface area contributed by atoms with Crippen molar-refractivity contribution >= 4 is 45.5 Å². The quantitative estimate of drug-likeness (QED) is 0.168. The topological polar surface area (TPSA) is 115 Å². The Kier molecular flexibility index (Phi) is 7.56. The number of hydrogen-bond acceptors (Lipinski definition) is 7. The van der Waals surface area contributed by atoms with E-state index in [1.807, 2.05) is 48.5 Å². The molecule has 42 heavy (non-hydrogen) atoms. The minimum absolute atomic E-state index is 0.246. The summed E-state index contributed by atoms with van der Waals surface area (Å²) in [5, 5.41) is 36.2. The first kappa shape index (κ1) is 26.3. The first-order valence-electron chi connectivity index (χ1n) is 14.1. The first-order valence-corrected chi connectivity index (χ1v) is 14.3. The van der Waals surface area contributed by atoms with Crippen LogP contribution in [-0.4, -0.2) is 20.0 Å². The smallest absolute Gasteiger partial charge is 0.110 e. The Labute approximate surface area is 254 Å². The molecular formula is C32H26Cl2N8. The average molecular weight is 595 g/mol. The number of halogens is 2. The van der Waals surface area contributed by atoms with Gasteiger partial charge in [-0.25, -0.2) is 4.68 Å². The van der Waals surface area contributed by atoms with Crippen LogP contribution in [0.5, 0.6) is 0 Å². The summed E-state index contributed by atoms with van der Waals surface area (Å²) in [6.07, 6.45) is 6.17. The maximum Gasteiger partial charge on any atom is 0.110 e. The third-order valence-electron chi connectivity index (χ3n) is 7.21. The number of aromatic nitrogens is 4. The molecule has 2 N–H and O–H groups in total. The summed E-state index contributed by atoms with van der Waals surface area (Å²) in [6.45, 7) is 0. The predicted molar refractivity (Wildman–Crippen MR) is 164 cm³/mol.